The van der Waals surface area contributed by atoms with Gasteiger partial charge in [0.1, 0.15) is 0 Å². The Balaban J connectivity index is 1.76. The Kier molecular flexibility index (Phi) is 4.60. The molecule has 1 aliphatic rings. The summed E-state index contributed by atoms with van der Waals surface area (Å²) < 4.78 is 0. The quantitative estimate of drug-likeness (QED) is 0.535. The molecule has 126 valence electrons. The van der Waals surface area contributed by atoms with Crippen LogP contribution in [0.1, 0.15) is 28.1 Å². The van der Waals surface area contributed by atoms with Crippen LogP contribution in [0.2, 0.25) is 5.02 Å². The number of nitrogens with zero attached hydrogens (tertiary/aromatic N) is 1. The highest BCUT2D eigenvalue weighted by Gasteiger charge is 2.22. The van der Waals surface area contributed by atoms with E-state index in [4.69, 9.17) is 11.6 Å². The van der Waals surface area contributed by atoms with Crippen LogP contribution in [0, 0.1) is 0 Å². The molecule has 0 radical (unpaired) electrons. The lowest BCUT2D eigenvalue weighted by Crippen LogP contribution is -2.16. The van der Waals surface area contributed by atoms with E-state index in [9.17, 15) is 4.79 Å². The van der Waals surface area contributed by atoms with Gasteiger partial charge in [0.15, 0.2) is 0 Å². The summed E-state index contributed by atoms with van der Waals surface area (Å²) >= 11 is 7.54. The highest BCUT2D eigenvalue weighted by atomic mass is 35.5. The van der Waals surface area contributed by atoms with E-state index >= 15 is 0 Å². The fourth-order valence-corrected chi connectivity index (χ4v) is 4.54. The van der Waals surface area contributed by atoms with Crippen LogP contribution in [0.25, 0.3) is 11.1 Å². The van der Waals surface area contributed by atoms with Gasteiger partial charge in [0.2, 0.25) is 5.78 Å². The van der Waals surface area contributed by atoms with E-state index in [1.165, 1.54) is 17.8 Å². The van der Waals surface area contributed by atoms with Crippen LogP contribution in [-0.4, -0.2) is 18.9 Å². The first kappa shape index (κ1) is 16.4. The smallest absolute Gasteiger partial charge is 0.203 e. The summed E-state index contributed by atoms with van der Waals surface area (Å²) in [6.07, 6.45) is 2.43. The Labute approximate surface area is 156 Å². The molecular weight excluding hydrogens is 350 g/mol. The first-order valence-electron chi connectivity index (χ1n) is 8.47. The lowest BCUT2D eigenvalue weighted by molar-refractivity contribution is 0.104. The number of hydrogen-bond acceptors (Lipinski definition) is 3. The van der Waals surface area contributed by atoms with Gasteiger partial charge in [-0.3, -0.25) is 4.79 Å². The number of hydrogen-bond donors (Lipinski definition) is 0. The molecule has 25 heavy (non-hydrogen) atoms. The van der Waals surface area contributed by atoms with Crippen LogP contribution < -0.4 is 4.90 Å². The number of carbonyl (C=O) groups is 1. The van der Waals surface area contributed by atoms with Crippen molar-refractivity contribution in [2.45, 2.75) is 12.8 Å². The molecule has 2 nitrogen and oxygen atoms in total. The fraction of sp³-hybridized carbons (Fsp3) is 0.190. The molecule has 2 heterocycles. The predicted molar refractivity (Wildman–Crippen MR) is 106 cm³/mol. The third kappa shape index (κ3) is 3.35. The van der Waals surface area contributed by atoms with Gasteiger partial charge in [0, 0.05) is 29.2 Å². The largest absolute Gasteiger partial charge is 0.363 e. The van der Waals surface area contributed by atoms with Gasteiger partial charge in [-0.25, -0.2) is 0 Å². The zero-order valence-electron chi connectivity index (χ0n) is 13.7. The second-order valence-corrected chi connectivity index (χ2v) is 7.69. The van der Waals surface area contributed by atoms with Gasteiger partial charge in [-0.15, -0.1) is 11.3 Å². The number of rotatable bonds is 4. The van der Waals surface area contributed by atoms with E-state index in [1.54, 1.807) is 35.6 Å². The van der Waals surface area contributed by atoms with E-state index in [-0.39, 0.29) is 5.78 Å². The van der Waals surface area contributed by atoms with Crippen molar-refractivity contribution in [2.24, 2.45) is 0 Å². The van der Waals surface area contributed by atoms with E-state index in [0.717, 1.165) is 29.1 Å². The van der Waals surface area contributed by atoms with Crippen molar-refractivity contribution in [1.82, 2.24) is 0 Å². The molecule has 0 N–H and O–H groups in total. The molecule has 1 aromatic heterocycles. The van der Waals surface area contributed by atoms with E-state index in [1.807, 2.05) is 24.3 Å². The molecule has 4 heteroatoms. The molecule has 4 rings (SSSR count). The van der Waals surface area contributed by atoms with Crippen molar-refractivity contribution in [3.8, 4) is 11.1 Å². The summed E-state index contributed by atoms with van der Waals surface area (Å²) in [5.74, 6) is 0.0595. The summed E-state index contributed by atoms with van der Waals surface area (Å²) in [4.78, 5) is 16.1. The van der Waals surface area contributed by atoms with Crippen molar-refractivity contribution in [1.29, 1.82) is 0 Å². The minimum absolute atomic E-state index is 0.0595. The summed E-state index contributed by atoms with van der Waals surface area (Å²) in [5, 5.41) is 1.85. The number of ketones is 1. The van der Waals surface area contributed by atoms with Crippen LogP contribution in [0.3, 0.4) is 0 Å². The Bertz CT molecular complexity index is 880. The normalized spacial score (nSPS) is 14.0. The minimum atomic E-state index is 0.0595. The van der Waals surface area contributed by atoms with E-state index in [2.05, 4.69) is 17.0 Å². The van der Waals surface area contributed by atoms with Crippen molar-refractivity contribution >= 4 is 33.7 Å². The zero-order chi connectivity index (χ0) is 17.2. The molecule has 0 bridgehead atoms. The Hall–Kier alpha value is -2.10. The lowest BCUT2D eigenvalue weighted by atomic mass is 10.1. The average Bonchev–Trinajstić information content (AvgIpc) is 3.32. The van der Waals surface area contributed by atoms with Crippen LogP contribution >= 0.6 is 22.9 Å². The highest BCUT2D eigenvalue weighted by molar-refractivity contribution is 7.18. The van der Waals surface area contributed by atoms with Gasteiger partial charge < -0.3 is 4.90 Å². The van der Waals surface area contributed by atoms with Crippen LogP contribution in [0.15, 0.2) is 60.7 Å². The van der Waals surface area contributed by atoms with Gasteiger partial charge in [0.05, 0.1) is 9.88 Å². The maximum absolute atomic E-state index is 12.9. The fourth-order valence-electron chi connectivity index (χ4n) is 3.22. The maximum atomic E-state index is 12.9. The van der Waals surface area contributed by atoms with Crippen LogP contribution in [-0.2, 0) is 0 Å². The molecule has 0 aliphatic carbocycles. The molecular formula is C21H18ClNOS. The third-order valence-corrected chi connectivity index (χ3v) is 5.97. The van der Waals surface area contributed by atoms with Gasteiger partial charge >= 0.3 is 0 Å². The standard InChI is InChI=1S/C21H18ClNOS/c22-17-10-8-16(9-11-17)20(24)19-14-18(15-6-2-1-3-7-15)21(25-19)23-12-4-5-13-23/h1-3,6-11,14H,4-5,12-13H2. The van der Waals surface area contributed by atoms with Crippen LogP contribution in [0.5, 0.6) is 0 Å². The maximum Gasteiger partial charge on any atom is 0.203 e. The molecule has 0 saturated carbocycles. The monoisotopic (exact) mass is 367 g/mol. The topological polar surface area (TPSA) is 20.3 Å². The third-order valence-electron chi connectivity index (χ3n) is 4.52. The molecule has 1 fully saturated rings. The van der Waals surface area contributed by atoms with E-state index in [0.29, 0.717) is 10.6 Å². The van der Waals surface area contributed by atoms with Crippen molar-refractivity contribution in [3.05, 3.63) is 76.1 Å². The molecule has 2 aromatic carbocycles. The number of anilines is 1. The number of halogens is 1. The molecule has 1 saturated heterocycles. The Morgan fingerprint density at radius 2 is 1.64 bits per heavy atom. The number of carbonyl (C=O) groups excluding carboxylic acids is 1. The summed E-state index contributed by atoms with van der Waals surface area (Å²) in [7, 11) is 0. The second kappa shape index (κ2) is 7.03. The van der Waals surface area contributed by atoms with E-state index < -0.39 is 0 Å². The molecule has 0 amide bonds. The second-order valence-electron chi connectivity index (χ2n) is 6.23. The Morgan fingerprint density at radius 1 is 0.960 bits per heavy atom. The SMILES string of the molecule is O=C(c1ccc(Cl)cc1)c1cc(-c2ccccc2)c(N2CCCC2)s1. The van der Waals surface area contributed by atoms with Crippen molar-refractivity contribution < 1.29 is 4.79 Å². The number of benzene rings is 2. The first-order chi connectivity index (χ1) is 12.2. The van der Waals surface area contributed by atoms with Gasteiger partial charge in [0.25, 0.3) is 0 Å². The van der Waals surface area contributed by atoms with Crippen LogP contribution in [0.4, 0.5) is 5.00 Å². The van der Waals surface area contributed by atoms with Gasteiger partial charge in [-0.1, -0.05) is 41.9 Å². The molecule has 3 aromatic rings. The minimum Gasteiger partial charge on any atom is -0.363 e. The summed E-state index contributed by atoms with van der Waals surface area (Å²) in [6, 6.07) is 19.5. The predicted octanol–water partition coefficient (Wildman–Crippen LogP) is 5.90. The summed E-state index contributed by atoms with van der Waals surface area (Å²) in [5.41, 5.74) is 3.00. The zero-order valence-corrected chi connectivity index (χ0v) is 15.3. The summed E-state index contributed by atoms with van der Waals surface area (Å²) in [6.45, 7) is 2.13. The highest BCUT2D eigenvalue weighted by Crippen LogP contribution is 2.41. The molecule has 0 unspecified atom stereocenters. The molecule has 0 atom stereocenters. The first-order valence-corrected chi connectivity index (χ1v) is 9.66. The van der Waals surface area contributed by atoms with Gasteiger partial charge in [-0.05, 0) is 48.7 Å². The lowest BCUT2D eigenvalue weighted by Gasteiger charge is -2.17. The molecule has 1 aliphatic heterocycles. The van der Waals surface area contributed by atoms with Gasteiger partial charge in [-0.2, -0.15) is 0 Å². The van der Waals surface area contributed by atoms with Crippen molar-refractivity contribution in [3.63, 3.8) is 0 Å². The Morgan fingerprint density at radius 3 is 2.32 bits per heavy atom. The average molecular weight is 368 g/mol. The number of thiophene rings is 1. The molecule has 0 spiro atoms. The van der Waals surface area contributed by atoms with Crippen molar-refractivity contribution in [2.75, 3.05) is 18.0 Å².